The number of nitriles is 1. The molecule has 102 valence electrons. The van der Waals surface area contributed by atoms with Gasteiger partial charge in [-0.25, -0.2) is 0 Å². The largest absolute Gasteiger partial charge is 0.381 e. The molecule has 0 heterocycles. The van der Waals surface area contributed by atoms with Gasteiger partial charge >= 0.3 is 0 Å². The minimum absolute atomic E-state index is 0.543. The van der Waals surface area contributed by atoms with E-state index >= 15 is 0 Å². The number of para-hydroxylation sites is 1. The fourth-order valence-corrected chi connectivity index (χ4v) is 3.16. The maximum absolute atomic E-state index is 9.19. The predicted molar refractivity (Wildman–Crippen MR) is 80.2 cm³/mol. The molecule has 1 aromatic carbocycles. The summed E-state index contributed by atoms with van der Waals surface area (Å²) in [4.78, 5) is 0. The fourth-order valence-electron chi connectivity index (χ4n) is 3.16. The Kier molecular flexibility index (Phi) is 4.85. The molecule has 0 aliphatic heterocycles. The van der Waals surface area contributed by atoms with E-state index in [0.717, 1.165) is 17.2 Å². The summed E-state index contributed by atoms with van der Waals surface area (Å²) in [5.74, 6) is 0.926. The molecule has 0 amide bonds. The molecule has 0 aromatic heterocycles. The van der Waals surface area contributed by atoms with Crippen molar-refractivity contribution in [1.29, 1.82) is 5.26 Å². The lowest BCUT2D eigenvalue weighted by Crippen LogP contribution is -2.26. The van der Waals surface area contributed by atoms with Crippen LogP contribution in [0.5, 0.6) is 0 Å². The van der Waals surface area contributed by atoms with E-state index in [-0.39, 0.29) is 0 Å². The summed E-state index contributed by atoms with van der Waals surface area (Å²) in [5.41, 5.74) is 2.99. The van der Waals surface area contributed by atoms with Crippen molar-refractivity contribution in [3.8, 4) is 6.07 Å². The number of aryl methyl sites for hydroxylation is 1. The van der Waals surface area contributed by atoms with Crippen molar-refractivity contribution in [2.45, 2.75) is 58.4 Å². The molecule has 1 N–H and O–H groups in total. The van der Waals surface area contributed by atoms with Crippen molar-refractivity contribution in [2.24, 2.45) is 5.92 Å². The number of anilines is 1. The van der Waals surface area contributed by atoms with Gasteiger partial charge in [-0.15, -0.1) is 0 Å². The van der Waals surface area contributed by atoms with Gasteiger partial charge in [-0.3, -0.25) is 0 Å². The molecular weight excluding hydrogens is 232 g/mol. The monoisotopic (exact) mass is 256 g/mol. The van der Waals surface area contributed by atoms with Crippen LogP contribution in [0.25, 0.3) is 0 Å². The molecule has 0 bridgehead atoms. The first-order chi connectivity index (χ1) is 9.24. The van der Waals surface area contributed by atoms with Crippen molar-refractivity contribution in [3.05, 3.63) is 29.3 Å². The van der Waals surface area contributed by atoms with E-state index in [9.17, 15) is 5.26 Å². The molecule has 1 saturated carbocycles. The molecule has 19 heavy (non-hydrogen) atoms. The zero-order valence-electron chi connectivity index (χ0n) is 12.1. The normalized spacial score (nSPS) is 22.8. The Balaban J connectivity index is 1.98. The zero-order valence-corrected chi connectivity index (χ0v) is 12.1. The van der Waals surface area contributed by atoms with Crippen LogP contribution in [-0.4, -0.2) is 6.04 Å². The van der Waals surface area contributed by atoms with E-state index in [1.807, 2.05) is 12.1 Å². The van der Waals surface area contributed by atoms with Gasteiger partial charge in [0.25, 0.3) is 0 Å². The van der Waals surface area contributed by atoms with Gasteiger partial charge in [-0.1, -0.05) is 31.9 Å². The van der Waals surface area contributed by atoms with E-state index in [2.05, 4.69) is 31.3 Å². The van der Waals surface area contributed by atoms with Crippen LogP contribution in [0, 0.1) is 24.2 Å². The van der Waals surface area contributed by atoms with Gasteiger partial charge in [0.1, 0.15) is 6.07 Å². The number of hydrogen-bond donors (Lipinski definition) is 1. The molecule has 0 spiro atoms. The summed E-state index contributed by atoms with van der Waals surface area (Å²) in [5, 5.41) is 12.8. The van der Waals surface area contributed by atoms with Gasteiger partial charge in [0.2, 0.25) is 0 Å². The van der Waals surface area contributed by atoms with Crippen molar-refractivity contribution >= 4 is 5.69 Å². The summed E-state index contributed by atoms with van der Waals surface area (Å²) in [6.07, 6.45) is 7.83. The van der Waals surface area contributed by atoms with Gasteiger partial charge in [-0.2, -0.15) is 5.26 Å². The van der Waals surface area contributed by atoms with Crippen LogP contribution >= 0.6 is 0 Å². The van der Waals surface area contributed by atoms with Crippen LogP contribution in [0.4, 0.5) is 5.69 Å². The number of hydrogen-bond acceptors (Lipinski definition) is 2. The summed E-state index contributed by atoms with van der Waals surface area (Å²) < 4.78 is 0. The summed E-state index contributed by atoms with van der Waals surface area (Å²) in [6.45, 7) is 4.35. The van der Waals surface area contributed by atoms with Crippen LogP contribution in [0.3, 0.4) is 0 Å². The lowest BCUT2D eigenvalue weighted by molar-refractivity contribution is 0.319. The number of nitrogens with one attached hydrogen (secondary N) is 1. The minimum atomic E-state index is 0.543. The summed E-state index contributed by atoms with van der Waals surface area (Å²) in [7, 11) is 0. The smallest absolute Gasteiger partial charge is 0.101 e. The Labute approximate surface area is 116 Å². The fraction of sp³-hybridized carbons (Fsp3) is 0.588. The third kappa shape index (κ3) is 3.50. The molecule has 0 saturated heterocycles. The van der Waals surface area contributed by atoms with Gasteiger partial charge < -0.3 is 5.32 Å². The van der Waals surface area contributed by atoms with Crippen LogP contribution in [-0.2, 0) is 0 Å². The molecule has 2 rings (SSSR count). The predicted octanol–water partition coefficient (Wildman–Crippen LogP) is 4.64. The Hall–Kier alpha value is -1.49. The average molecular weight is 256 g/mol. The average Bonchev–Trinajstić information content (AvgIpc) is 2.43. The van der Waals surface area contributed by atoms with E-state index in [0.29, 0.717) is 6.04 Å². The Morgan fingerprint density at radius 1 is 1.26 bits per heavy atom. The van der Waals surface area contributed by atoms with Gasteiger partial charge in [0.05, 0.1) is 11.3 Å². The van der Waals surface area contributed by atoms with Crippen molar-refractivity contribution in [3.63, 3.8) is 0 Å². The lowest BCUT2D eigenvalue weighted by Gasteiger charge is -2.30. The molecule has 0 unspecified atom stereocenters. The zero-order chi connectivity index (χ0) is 13.7. The van der Waals surface area contributed by atoms with Crippen LogP contribution in [0.1, 0.15) is 56.6 Å². The second kappa shape index (κ2) is 6.61. The Morgan fingerprint density at radius 2 is 2.00 bits per heavy atom. The molecule has 1 aliphatic rings. The van der Waals surface area contributed by atoms with Crippen LogP contribution in [0.2, 0.25) is 0 Å². The van der Waals surface area contributed by atoms with Gasteiger partial charge in [0.15, 0.2) is 0 Å². The molecule has 0 atom stereocenters. The maximum atomic E-state index is 9.19. The quantitative estimate of drug-likeness (QED) is 0.852. The third-order valence-corrected chi connectivity index (χ3v) is 4.29. The number of nitrogens with zero attached hydrogens (tertiary/aromatic N) is 1. The lowest BCUT2D eigenvalue weighted by atomic mass is 9.83. The van der Waals surface area contributed by atoms with E-state index in [1.165, 1.54) is 44.1 Å². The molecular formula is C17H24N2. The molecule has 1 fully saturated rings. The van der Waals surface area contributed by atoms with E-state index in [1.54, 1.807) is 0 Å². The number of benzene rings is 1. The van der Waals surface area contributed by atoms with Crippen molar-refractivity contribution < 1.29 is 0 Å². The number of rotatable bonds is 4. The first-order valence-corrected chi connectivity index (χ1v) is 7.50. The van der Waals surface area contributed by atoms with Gasteiger partial charge in [0, 0.05) is 6.04 Å². The van der Waals surface area contributed by atoms with Gasteiger partial charge in [-0.05, 0) is 50.2 Å². The highest BCUT2D eigenvalue weighted by molar-refractivity contribution is 5.62. The van der Waals surface area contributed by atoms with Crippen LogP contribution < -0.4 is 5.32 Å². The Morgan fingerprint density at radius 3 is 2.63 bits per heavy atom. The standard InChI is InChI=1S/C17H24N2/c1-3-5-14-8-10-16(11-9-14)19-17-13(2)6-4-7-15(17)12-18/h4,6-7,14,16,19H,3,5,8-11H2,1-2H3. The molecule has 2 nitrogen and oxygen atoms in total. The third-order valence-electron chi connectivity index (χ3n) is 4.29. The Bertz CT molecular complexity index is 451. The molecule has 1 aromatic rings. The molecule has 2 heteroatoms. The molecule has 0 radical (unpaired) electrons. The highest BCUT2D eigenvalue weighted by Gasteiger charge is 2.21. The highest BCUT2D eigenvalue weighted by Crippen LogP contribution is 2.31. The van der Waals surface area contributed by atoms with Crippen molar-refractivity contribution in [1.82, 2.24) is 0 Å². The van der Waals surface area contributed by atoms with Crippen LogP contribution in [0.15, 0.2) is 18.2 Å². The first kappa shape index (κ1) is 13.9. The van der Waals surface area contributed by atoms with Crippen molar-refractivity contribution in [2.75, 3.05) is 5.32 Å². The summed E-state index contributed by atoms with van der Waals surface area (Å²) in [6, 6.07) is 8.77. The van der Waals surface area contributed by atoms with E-state index < -0.39 is 0 Å². The van der Waals surface area contributed by atoms with E-state index in [4.69, 9.17) is 0 Å². The highest BCUT2D eigenvalue weighted by atomic mass is 14.9. The topological polar surface area (TPSA) is 35.8 Å². The second-order valence-electron chi connectivity index (χ2n) is 5.76. The maximum Gasteiger partial charge on any atom is 0.101 e. The minimum Gasteiger partial charge on any atom is -0.381 e. The molecule has 1 aliphatic carbocycles. The first-order valence-electron chi connectivity index (χ1n) is 7.50. The second-order valence-corrected chi connectivity index (χ2v) is 5.76. The summed E-state index contributed by atoms with van der Waals surface area (Å²) >= 11 is 0. The SMILES string of the molecule is CCCC1CCC(Nc2c(C)cccc2C#N)CC1.